The SMILES string of the molecule is CCC(C)(C(=O)O)c1nc(-c2ccc(F)cc2F)c(-c2ccc3nc(NC(C)CCOC)oc3n2)[nH]1. The third kappa shape index (κ3) is 4.78. The summed E-state index contributed by atoms with van der Waals surface area (Å²) in [6, 6.07) is 6.79. The minimum Gasteiger partial charge on any atom is -0.480 e. The number of carboxylic acid groups (broad SMARTS) is 1. The second-order valence-electron chi connectivity index (χ2n) is 8.79. The summed E-state index contributed by atoms with van der Waals surface area (Å²) in [7, 11) is 1.63. The van der Waals surface area contributed by atoms with E-state index in [1.165, 1.54) is 13.0 Å². The molecule has 9 nitrogen and oxygen atoms in total. The van der Waals surface area contributed by atoms with Crippen LogP contribution in [0.5, 0.6) is 0 Å². The Morgan fingerprint density at radius 2 is 2.03 bits per heavy atom. The third-order valence-electron chi connectivity index (χ3n) is 6.23. The summed E-state index contributed by atoms with van der Waals surface area (Å²) < 4.78 is 39.2. The van der Waals surface area contributed by atoms with Crippen molar-refractivity contribution in [1.82, 2.24) is 19.9 Å². The van der Waals surface area contributed by atoms with Crippen LogP contribution in [0, 0.1) is 11.6 Å². The number of benzene rings is 1. The quantitative estimate of drug-likeness (QED) is 0.274. The van der Waals surface area contributed by atoms with Crippen LogP contribution in [0.1, 0.15) is 39.4 Å². The normalized spacial score (nSPS) is 14.1. The topological polar surface area (TPSA) is 126 Å². The van der Waals surface area contributed by atoms with Gasteiger partial charge in [0.2, 0.25) is 5.71 Å². The molecule has 0 saturated carbocycles. The summed E-state index contributed by atoms with van der Waals surface area (Å²) in [4.78, 5) is 28.5. The lowest BCUT2D eigenvalue weighted by atomic mass is 9.87. The Labute approximate surface area is 205 Å². The van der Waals surface area contributed by atoms with Crippen LogP contribution in [0.25, 0.3) is 33.9 Å². The smallest absolute Gasteiger partial charge is 0.317 e. The number of aromatic amines is 1. The Balaban J connectivity index is 1.81. The van der Waals surface area contributed by atoms with Crippen LogP contribution in [0.3, 0.4) is 0 Å². The van der Waals surface area contributed by atoms with Crippen LogP contribution in [-0.4, -0.2) is 50.8 Å². The lowest BCUT2D eigenvalue weighted by Crippen LogP contribution is -2.32. The summed E-state index contributed by atoms with van der Waals surface area (Å²) in [5.74, 6) is -2.54. The zero-order valence-electron chi connectivity index (χ0n) is 20.4. The fourth-order valence-electron chi connectivity index (χ4n) is 3.71. The molecule has 1 aromatic carbocycles. The van der Waals surface area contributed by atoms with Gasteiger partial charge in [0, 0.05) is 31.4 Å². The summed E-state index contributed by atoms with van der Waals surface area (Å²) in [5, 5.41) is 13.0. The Hall–Kier alpha value is -3.86. The zero-order chi connectivity index (χ0) is 26.0. The number of carbonyl (C=O) groups is 1. The Morgan fingerprint density at radius 1 is 1.25 bits per heavy atom. The standard InChI is InChI=1S/C25H27F2N5O4/c1-5-25(3,23(33)34)22-31-19(15-7-6-14(26)12-16(15)27)20(32-22)17-8-9-18-21(29-17)36-24(30-18)28-13(2)10-11-35-4/h6-9,12-13H,5,10-11H2,1-4H3,(H,28,30)(H,31,32)(H,33,34). The van der Waals surface area contributed by atoms with Crippen molar-refractivity contribution in [2.75, 3.05) is 19.0 Å². The fourth-order valence-corrected chi connectivity index (χ4v) is 3.71. The molecule has 0 saturated heterocycles. The molecule has 0 aliphatic rings. The highest BCUT2D eigenvalue weighted by atomic mass is 19.1. The monoisotopic (exact) mass is 499 g/mol. The molecular weight excluding hydrogens is 472 g/mol. The number of rotatable bonds is 10. The van der Waals surface area contributed by atoms with Crippen molar-refractivity contribution >= 4 is 23.2 Å². The van der Waals surface area contributed by atoms with Crippen molar-refractivity contribution in [3.8, 4) is 22.6 Å². The van der Waals surface area contributed by atoms with Crippen LogP contribution < -0.4 is 5.32 Å². The maximum absolute atomic E-state index is 14.8. The lowest BCUT2D eigenvalue weighted by molar-refractivity contribution is -0.143. The number of ether oxygens (including phenoxy) is 1. The van der Waals surface area contributed by atoms with Crippen LogP contribution in [0.4, 0.5) is 14.8 Å². The molecule has 190 valence electrons. The summed E-state index contributed by atoms with van der Waals surface area (Å²) in [5.41, 5.74) is 0.0879. The molecule has 0 aliphatic carbocycles. The molecule has 0 amide bonds. The van der Waals surface area contributed by atoms with E-state index in [0.29, 0.717) is 17.8 Å². The number of oxazole rings is 1. The van der Waals surface area contributed by atoms with E-state index in [-0.39, 0.29) is 47.0 Å². The van der Waals surface area contributed by atoms with Crippen LogP contribution in [0.15, 0.2) is 34.7 Å². The minimum atomic E-state index is -1.37. The van der Waals surface area contributed by atoms with Crippen molar-refractivity contribution in [2.45, 2.75) is 45.1 Å². The van der Waals surface area contributed by atoms with Gasteiger partial charge in [-0.3, -0.25) is 4.79 Å². The number of pyridine rings is 1. The first-order valence-electron chi connectivity index (χ1n) is 11.5. The van der Waals surface area contributed by atoms with Crippen LogP contribution in [-0.2, 0) is 14.9 Å². The van der Waals surface area contributed by atoms with Gasteiger partial charge in [-0.05, 0) is 51.0 Å². The van der Waals surface area contributed by atoms with Gasteiger partial charge >= 0.3 is 5.97 Å². The first kappa shape index (κ1) is 25.2. The molecule has 0 fully saturated rings. The van der Waals surface area contributed by atoms with Crippen LogP contribution in [0.2, 0.25) is 0 Å². The molecular formula is C25H27F2N5O4. The molecule has 0 spiro atoms. The molecule has 36 heavy (non-hydrogen) atoms. The van der Waals surface area contributed by atoms with Crippen molar-refractivity contribution in [1.29, 1.82) is 0 Å². The van der Waals surface area contributed by atoms with E-state index in [2.05, 4.69) is 25.3 Å². The number of methoxy groups -OCH3 is 1. The zero-order valence-corrected chi connectivity index (χ0v) is 20.4. The first-order valence-corrected chi connectivity index (χ1v) is 11.5. The number of carboxylic acids is 1. The van der Waals surface area contributed by atoms with Gasteiger partial charge in [0.1, 0.15) is 34.1 Å². The summed E-state index contributed by atoms with van der Waals surface area (Å²) in [6.45, 7) is 5.79. The number of nitrogens with one attached hydrogen (secondary N) is 2. The predicted molar refractivity (Wildman–Crippen MR) is 130 cm³/mol. The fraction of sp³-hybridized carbons (Fsp3) is 0.360. The molecule has 0 radical (unpaired) electrons. The maximum Gasteiger partial charge on any atom is 0.317 e. The summed E-state index contributed by atoms with van der Waals surface area (Å²) >= 11 is 0. The minimum absolute atomic E-state index is 0.00605. The number of aromatic nitrogens is 4. The molecule has 4 aromatic rings. The number of hydrogen-bond acceptors (Lipinski definition) is 7. The number of anilines is 1. The van der Waals surface area contributed by atoms with Gasteiger partial charge in [0.25, 0.3) is 6.01 Å². The average Bonchev–Trinajstić information content (AvgIpc) is 3.45. The molecule has 3 aromatic heterocycles. The van der Waals surface area contributed by atoms with E-state index in [9.17, 15) is 18.7 Å². The Morgan fingerprint density at radius 3 is 2.69 bits per heavy atom. The highest BCUT2D eigenvalue weighted by Gasteiger charge is 2.38. The van der Waals surface area contributed by atoms with Gasteiger partial charge < -0.3 is 24.6 Å². The third-order valence-corrected chi connectivity index (χ3v) is 6.23. The van der Waals surface area contributed by atoms with E-state index in [4.69, 9.17) is 9.15 Å². The van der Waals surface area contributed by atoms with Gasteiger partial charge in [-0.2, -0.15) is 4.98 Å². The number of nitrogens with zero attached hydrogens (tertiary/aromatic N) is 3. The van der Waals surface area contributed by atoms with Crippen molar-refractivity contribution in [2.24, 2.45) is 0 Å². The van der Waals surface area contributed by atoms with Gasteiger partial charge in [0.05, 0.1) is 11.4 Å². The first-order chi connectivity index (χ1) is 17.2. The lowest BCUT2D eigenvalue weighted by Gasteiger charge is -2.19. The maximum atomic E-state index is 14.8. The number of halogens is 2. The highest BCUT2D eigenvalue weighted by molar-refractivity contribution is 5.84. The van der Waals surface area contributed by atoms with E-state index in [1.807, 2.05) is 6.92 Å². The molecule has 3 heterocycles. The van der Waals surface area contributed by atoms with Crippen molar-refractivity contribution in [3.63, 3.8) is 0 Å². The Bertz CT molecular complexity index is 1400. The molecule has 11 heteroatoms. The van der Waals surface area contributed by atoms with E-state index in [0.717, 1.165) is 18.6 Å². The number of hydrogen-bond donors (Lipinski definition) is 3. The van der Waals surface area contributed by atoms with Crippen LogP contribution >= 0.6 is 0 Å². The van der Waals surface area contributed by atoms with E-state index in [1.54, 1.807) is 26.2 Å². The molecule has 3 N–H and O–H groups in total. The molecule has 2 atom stereocenters. The van der Waals surface area contributed by atoms with Crippen molar-refractivity contribution < 1.29 is 27.8 Å². The average molecular weight is 500 g/mol. The van der Waals surface area contributed by atoms with Gasteiger partial charge in [-0.25, -0.2) is 18.7 Å². The Kier molecular flexibility index (Phi) is 7.02. The molecule has 0 bridgehead atoms. The number of H-pyrrole nitrogens is 1. The number of imidazole rings is 1. The van der Waals surface area contributed by atoms with Gasteiger partial charge in [-0.15, -0.1) is 0 Å². The molecule has 0 aliphatic heterocycles. The highest BCUT2D eigenvalue weighted by Crippen LogP contribution is 2.36. The van der Waals surface area contributed by atoms with E-state index < -0.39 is 23.0 Å². The number of aliphatic carboxylic acids is 1. The second kappa shape index (κ2) is 10.0. The molecule has 2 unspecified atom stereocenters. The van der Waals surface area contributed by atoms with E-state index >= 15 is 0 Å². The largest absolute Gasteiger partial charge is 0.480 e. The van der Waals surface area contributed by atoms with Crippen molar-refractivity contribution in [3.05, 3.63) is 47.8 Å². The second-order valence-corrected chi connectivity index (χ2v) is 8.79. The summed E-state index contributed by atoms with van der Waals surface area (Å²) in [6.07, 6.45) is 0.975. The molecule has 4 rings (SSSR count). The predicted octanol–water partition coefficient (Wildman–Crippen LogP) is 5.15. The van der Waals surface area contributed by atoms with Gasteiger partial charge in [0.15, 0.2) is 0 Å². The van der Waals surface area contributed by atoms with Gasteiger partial charge in [-0.1, -0.05) is 6.92 Å². The number of fused-ring (bicyclic) bond motifs is 1.